The zero-order valence-corrected chi connectivity index (χ0v) is 11.4. The predicted molar refractivity (Wildman–Crippen MR) is 84.9 cm³/mol. The zero-order valence-electron chi connectivity index (χ0n) is 11.4. The molecule has 1 aliphatic heterocycles. The minimum absolute atomic E-state index is 0.350. The molecule has 0 bridgehead atoms. The number of hydrogen-bond donors (Lipinski definition) is 2. The van der Waals surface area contributed by atoms with Crippen LogP contribution < -0.4 is 10.3 Å². The van der Waals surface area contributed by atoms with Crippen LogP contribution in [0.3, 0.4) is 0 Å². The molecule has 2 N–H and O–H groups in total. The number of nitrogens with one attached hydrogen (secondary N) is 1. The van der Waals surface area contributed by atoms with Crippen LogP contribution in [0.15, 0.2) is 72.9 Å². The van der Waals surface area contributed by atoms with E-state index >= 15 is 0 Å². The van der Waals surface area contributed by atoms with Gasteiger partial charge in [0.1, 0.15) is 5.75 Å². The van der Waals surface area contributed by atoms with E-state index in [1.807, 2.05) is 66.7 Å². The molecule has 1 heterocycles. The first-order valence-corrected chi connectivity index (χ1v) is 6.69. The normalized spacial score (nSPS) is 11.6. The maximum absolute atomic E-state index is 9.37. The molecule has 0 unspecified atom stereocenters. The van der Waals surface area contributed by atoms with E-state index in [0.29, 0.717) is 5.75 Å². The summed E-state index contributed by atoms with van der Waals surface area (Å²) in [4.78, 5) is 5.09. The Morgan fingerprint density at radius 1 is 0.810 bits per heavy atom. The van der Waals surface area contributed by atoms with Crippen LogP contribution in [0, 0.1) is 0 Å². The van der Waals surface area contributed by atoms with E-state index < -0.39 is 0 Å². The standard InChI is InChI=1S/C10H8O.C8H7NO/c11-10-7-3-5-8-4-1-2-6-9(8)10;1-2-4-8-7(3-1)5-6-9-10-8/h1-7,11H;1-6,9H. The fourth-order valence-corrected chi connectivity index (χ4v) is 2.14. The van der Waals surface area contributed by atoms with Crippen LogP contribution in [0.2, 0.25) is 0 Å². The van der Waals surface area contributed by atoms with Crippen molar-refractivity contribution in [1.82, 2.24) is 5.48 Å². The highest BCUT2D eigenvalue weighted by Crippen LogP contribution is 2.23. The van der Waals surface area contributed by atoms with Crippen LogP contribution in [0.5, 0.6) is 11.5 Å². The highest BCUT2D eigenvalue weighted by Gasteiger charge is 2.01. The van der Waals surface area contributed by atoms with Crippen LogP contribution >= 0.6 is 0 Å². The Bertz CT molecular complexity index is 776. The number of benzene rings is 3. The molecule has 3 aromatic carbocycles. The molecule has 0 radical (unpaired) electrons. The van der Waals surface area contributed by atoms with E-state index in [1.54, 1.807) is 12.3 Å². The summed E-state index contributed by atoms with van der Waals surface area (Å²) in [7, 11) is 0. The molecule has 3 aromatic rings. The average Bonchev–Trinajstić information content (AvgIpc) is 2.56. The van der Waals surface area contributed by atoms with Gasteiger partial charge in [0.15, 0.2) is 5.75 Å². The lowest BCUT2D eigenvalue weighted by molar-refractivity contribution is 0.239. The summed E-state index contributed by atoms with van der Waals surface area (Å²) in [5.41, 5.74) is 3.77. The van der Waals surface area contributed by atoms with E-state index in [0.717, 1.165) is 22.1 Å². The van der Waals surface area contributed by atoms with Gasteiger partial charge in [0.2, 0.25) is 0 Å². The first-order valence-electron chi connectivity index (χ1n) is 6.69. The van der Waals surface area contributed by atoms with Gasteiger partial charge in [-0.05, 0) is 23.6 Å². The van der Waals surface area contributed by atoms with Crippen molar-refractivity contribution in [2.24, 2.45) is 0 Å². The lowest BCUT2D eigenvalue weighted by atomic mass is 10.1. The van der Waals surface area contributed by atoms with Gasteiger partial charge in [0.25, 0.3) is 0 Å². The smallest absolute Gasteiger partial charge is 0.162 e. The molecule has 0 aromatic heterocycles. The Kier molecular flexibility index (Phi) is 3.74. The van der Waals surface area contributed by atoms with Crippen molar-refractivity contribution in [2.75, 3.05) is 0 Å². The average molecular weight is 277 g/mol. The number of fused-ring (bicyclic) bond motifs is 2. The molecule has 3 heteroatoms. The van der Waals surface area contributed by atoms with Gasteiger partial charge in [-0.3, -0.25) is 0 Å². The highest BCUT2D eigenvalue weighted by atomic mass is 16.6. The molecular weight excluding hydrogens is 262 g/mol. The summed E-state index contributed by atoms with van der Waals surface area (Å²) in [5.74, 6) is 1.23. The maximum Gasteiger partial charge on any atom is 0.162 e. The number of phenols is 1. The summed E-state index contributed by atoms with van der Waals surface area (Å²) in [6, 6.07) is 21.1. The van der Waals surface area contributed by atoms with Crippen molar-refractivity contribution in [3.8, 4) is 11.5 Å². The van der Waals surface area contributed by atoms with E-state index in [1.165, 1.54) is 0 Å². The SMILES string of the molecule is C1=Cc2ccccc2ON1.Oc1cccc2ccccc12. The van der Waals surface area contributed by atoms with Gasteiger partial charge in [-0.1, -0.05) is 54.6 Å². The summed E-state index contributed by atoms with van der Waals surface area (Å²) in [6.45, 7) is 0. The van der Waals surface area contributed by atoms with Gasteiger partial charge < -0.3 is 9.94 Å². The Morgan fingerprint density at radius 2 is 1.57 bits per heavy atom. The number of hydroxylamine groups is 1. The van der Waals surface area contributed by atoms with Crippen molar-refractivity contribution >= 4 is 16.8 Å². The third kappa shape index (κ3) is 2.98. The second-order valence-electron chi connectivity index (χ2n) is 4.59. The van der Waals surface area contributed by atoms with Crippen LogP contribution in [0.4, 0.5) is 0 Å². The molecule has 0 atom stereocenters. The van der Waals surface area contributed by atoms with Gasteiger partial charge in [-0.25, -0.2) is 5.48 Å². The number of rotatable bonds is 0. The van der Waals surface area contributed by atoms with E-state index in [-0.39, 0.29) is 0 Å². The molecule has 21 heavy (non-hydrogen) atoms. The molecule has 0 saturated carbocycles. The number of phenolic OH excluding ortho intramolecular Hbond substituents is 1. The first kappa shape index (κ1) is 13.1. The Labute approximate surface area is 123 Å². The number of para-hydroxylation sites is 1. The predicted octanol–water partition coefficient (Wildman–Crippen LogP) is 4.10. The van der Waals surface area contributed by atoms with Crippen molar-refractivity contribution in [1.29, 1.82) is 0 Å². The van der Waals surface area contributed by atoms with E-state index in [4.69, 9.17) is 4.84 Å². The van der Waals surface area contributed by atoms with Gasteiger partial charge >= 0.3 is 0 Å². The molecule has 0 aliphatic carbocycles. The second kappa shape index (κ2) is 6.01. The van der Waals surface area contributed by atoms with Crippen LogP contribution in [-0.2, 0) is 0 Å². The summed E-state index contributed by atoms with van der Waals surface area (Å²) in [5, 5.41) is 11.4. The van der Waals surface area contributed by atoms with Gasteiger partial charge in [-0.15, -0.1) is 0 Å². The van der Waals surface area contributed by atoms with Crippen LogP contribution in [-0.4, -0.2) is 5.11 Å². The van der Waals surface area contributed by atoms with Crippen molar-refractivity contribution in [2.45, 2.75) is 0 Å². The topological polar surface area (TPSA) is 41.5 Å². The van der Waals surface area contributed by atoms with Crippen LogP contribution in [0.25, 0.3) is 16.8 Å². The molecule has 0 amide bonds. The third-order valence-electron chi connectivity index (χ3n) is 3.19. The van der Waals surface area contributed by atoms with Crippen LogP contribution in [0.1, 0.15) is 5.56 Å². The highest BCUT2D eigenvalue weighted by molar-refractivity contribution is 5.87. The molecule has 0 saturated heterocycles. The second-order valence-corrected chi connectivity index (χ2v) is 4.59. The lowest BCUT2D eigenvalue weighted by Crippen LogP contribution is -2.13. The quantitative estimate of drug-likeness (QED) is 0.650. The number of aromatic hydroxyl groups is 1. The Balaban J connectivity index is 0.000000126. The fraction of sp³-hybridized carbons (Fsp3) is 0. The first-order chi connectivity index (χ1) is 10.3. The number of hydrogen-bond acceptors (Lipinski definition) is 3. The minimum Gasteiger partial charge on any atom is -0.507 e. The molecule has 4 rings (SSSR count). The van der Waals surface area contributed by atoms with E-state index in [9.17, 15) is 5.11 Å². The summed E-state index contributed by atoms with van der Waals surface area (Å²) in [6.07, 6.45) is 3.74. The molecule has 3 nitrogen and oxygen atoms in total. The zero-order chi connectivity index (χ0) is 14.5. The van der Waals surface area contributed by atoms with Crippen molar-refractivity contribution in [3.05, 3.63) is 78.5 Å². The Morgan fingerprint density at radius 3 is 2.43 bits per heavy atom. The molecule has 1 aliphatic rings. The monoisotopic (exact) mass is 277 g/mol. The largest absolute Gasteiger partial charge is 0.507 e. The van der Waals surface area contributed by atoms with E-state index in [2.05, 4.69) is 5.48 Å². The van der Waals surface area contributed by atoms with Crippen molar-refractivity contribution in [3.63, 3.8) is 0 Å². The molecule has 0 spiro atoms. The lowest BCUT2D eigenvalue weighted by Gasteiger charge is -2.11. The summed E-state index contributed by atoms with van der Waals surface area (Å²) >= 11 is 0. The molecule has 0 fully saturated rings. The van der Waals surface area contributed by atoms with Gasteiger partial charge in [0, 0.05) is 17.1 Å². The minimum atomic E-state index is 0.350. The molecule has 104 valence electrons. The maximum atomic E-state index is 9.37. The third-order valence-corrected chi connectivity index (χ3v) is 3.19. The summed E-state index contributed by atoms with van der Waals surface area (Å²) < 4.78 is 0. The molecular formula is C18H15NO2. The Hall–Kier alpha value is -2.94. The van der Waals surface area contributed by atoms with Crippen molar-refractivity contribution < 1.29 is 9.94 Å². The van der Waals surface area contributed by atoms with Gasteiger partial charge in [-0.2, -0.15) is 0 Å². The van der Waals surface area contributed by atoms with Gasteiger partial charge in [0.05, 0.1) is 0 Å². The fourth-order valence-electron chi connectivity index (χ4n) is 2.14.